The van der Waals surface area contributed by atoms with Crippen LogP contribution in [0.1, 0.15) is 35.9 Å². The zero-order valence-electron chi connectivity index (χ0n) is 14.5. The Hall–Kier alpha value is -3.16. The van der Waals surface area contributed by atoms with Crippen molar-refractivity contribution in [2.45, 2.75) is 32.8 Å². The van der Waals surface area contributed by atoms with Crippen molar-refractivity contribution < 1.29 is 23.6 Å². The Bertz CT molecular complexity index is 845. The van der Waals surface area contributed by atoms with E-state index in [9.17, 15) is 14.4 Å². The second kappa shape index (κ2) is 7.38. The monoisotopic (exact) mass is 357 g/mol. The molecule has 1 aliphatic rings. The third kappa shape index (κ3) is 3.90. The fourth-order valence-corrected chi connectivity index (χ4v) is 2.66. The highest BCUT2D eigenvalue weighted by atomic mass is 16.5. The van der Waals surface area contributed by atoms with Crippen molar-refractivity contribution in [1.29, 1.82) is 0 Å². The summed E-state index contributed by atoms with van der Waals surface area (Å²) in [6.45, 7) is 3.80. The van der Waals surface area contributed by atoms with Crippen LogP contribution in [0.2, 0.25) is 0 Å². The maximum atomic E-state index is 12.3. The van der Waals surface area contributed by atoms with Gasteiger partial charge in [0.25, 0.3) is 5.91 Å². The number of aryl methyl sites for hydroxylation is 1. The molecule has 1 saturated heterocycles. The lowest BCUT2D eigenvalue weighted by Gasteiger charge is -2.17. The molecule has 1 aromatic heterocycles. The Morgan fingerprint density at radius 1 is 1.35 bits per heavy atom. The van der Waals surface area contributed by atoms with Gasteiger partial charge in [-0.05, 0) is 38.5 Å². The highest BCUT2D eigenvalue weighted by molar-refractivity contribution is 5.99. The fourth-order valence-electron chi connectivity index (χ4n) is 2.66. The number of amides is 2. The van der Waals surface area contributed by atoms with Crippen LogP contribution in [0, 0.1) is 6.92 Å². The molecule has 1 atom stereocenters. The number of carbonyl (C=O) groups is 3. The molecule has 0 radical (unpaired) electrons. The molecule has 1 N–H and O–H groups in total. The number of rotatable bonds is 5. The van der Waals surface area contributed by atoms with Crippen molar-refractivity contribution in [2.75, 3.05) is 16.8 Å². The minimum absolute atomic E-state index is 0.0335. The molecule has 1 fully saturated rings. The molecule has 136 valence electrons. The number of carbonyl (C=O) groups excluding carboxylic acids is 3. The molecule has 2 heterocycles. The first-order valence-corrected chi connectivity index (χ1v) is 8.29. The van der Waals surface area contributed by atoms with E-state index >= 15 is 0 Å². The topological polar surface area (TPSA) is 102 Å². The summed E-state index contributed by atoms with van der Waals surface area (Å²) in [4.78, 5) is 37.9. The molecule has 2 aromatic rings. The molecule has 0 spiro atoms. The average molecular weight is 357 g/mol. The van der Waals surface area contributed by atoms with Crippen LogP contribution in [0.4, 0.5) is 11.5 Å². The third-order valence-electron chi connectivity index (χ3n) is 4.00. The van der Waals surface area contributed by atoms with E-state index in [-0.39, 0.29) is 17.3 Å². The molecule has 3 rings (SSSR count). The largest absolute Gasteiger partial charge is 0.449 e. The molecule has 1 aliphatic heterocycles. The number of ether oxygens (including phenoxy) is 1. The zero-order valence-corrected chi connectivity index (χ0v) is 14.5. The van der Waals surface area contributed by atoms with Gasteiger partial charge in [-0.1, -0.05) is 11.2 Å². The van der Waals surface area contributed by atoms with Crippen molar-refractivity contribution in [2.24, 2.45) is 0 Å². The molecule has 0 saturated carbocycles. The summed E-state index contributed by atoms with van der Waals surface area (Å²) in [6.07, 6.45) is 0.288. The van der Waals surface area contributed by atoms with Gasteiger partial charge in [0, 0.05) is 24.7 Å². The molecule has 1 aromatic carbocycles. The van der Waals surface area contributed by atoms with Crippen molar-refractivity contribution in [1.82, 2.24) is 5.16 Å². The summed E-state index contributed by atoms with van der Waals surface area (Å²) < 4.78 is 10.1. The van der Waals surface area contributed by atoms with Gasteiger partial charge in [0.1, 0.15) is 5.76 Å². The number of esters is 1. The number of hydrogen-bond donors (Lipinski definition) is 1. The zero-order chi connectivity index (χ0) is 18.7. The number of anilines is 2. The van der Waals surface area contributed by atoms with Gasteiger partial charge < -0.3 is 19.5 Å². The molecular weight excluding hydrogens is 338 g/mol. The molecule has 0 bridgehead atoms. The standard InChI is InChI=1S/C18H19N3O5/c1-11-9-15(20-26-11)19-17(23)12(2)25-18(24)13-5-3-6-14(10-13)21-8-4-7-16(21)22/h3,5-6,9-10,12H,4,7-8H2,1-2H3,(H,19,20,23)/t12-/m1/s1. The van der Waals surface area contributed by atoms with Gasteiger partial charge in [0.2, 0.25) is 5.91 Å². The highest BCUT2D eigenvalue weighted by Crippen LogP contribution is 2.22. The highest BCUT2D eigenvalue weighted by Gasteiger charge is 2.24. The maximum Gasteiger partial charge on any atom is 0.338 e. The van der Waals surface area contributed by atoms with Gasteiger partial charge >= 0.3 is 5.97 Å². The number of hydrogen-bond acceptors (Lipinski definition) is 6. The quantitative estimate of drug-likeness (QED) is 0.824. The van der Waals surface area contributed by atoms with E-state index in [0.717, 1.165) is 6.42 Å². The Kier molecular flexibility index (Phi) is 5.01. The van der Waals surface area contributed by atoms with Gasteiger partial charge in [0.15, 0.2) is 11.9 Å². The lowest BCUT2D eigenvalue weighted by molar-refractivity contribution is -0.123. The van der Waals surface area contributed by atoms with Crippen molar-refractivity contribution in [3.63, 3.8) is 0 Å². The van der Waals surface area contributed by atoms with Crippen LogP contribution in [-0.4, -0.2) is 35.6 Å². The van der Waals surface area contributed by atoms with E-state index in [1.54, 1.807) is 42.2 Å². The number of aromatic nitrogens is 1. The van der Waals surface area contributed by atoms with Gasteiger partial charge in [-0.25, -0.2) is 4.79 Å². The second-order valence-corrected chi connectivity index (χ2v) is 6.06. The molecular formula is C18H19N3O5. The van der Waals surface area contributed by atoms with Gasteiger partial charge in [-0.15, -0.1) is 0 Å². The lowest BCUT2D eigenvalue weighted by Crippen LogP contribution is -2.30. The molecule has 0 aliphatic carbocycles. The normalized spacial score (nSPS) is 15.0. The molecule has 8 nitrogen and oxygen atoms in total. The summed E-state index contributed by atoms with van der Waals surface area (Å²) in [5.41, 5.74) is 0.927. The molecule has 26 heavy (non-hydrogen) atoms. The molecule has 8 heteroatoms. The Labute approximate surface area is 150 Å². The SMILES string of the molecule is Cc1cc(NC(=O)[C@@H](C)OC(=O)c2cccc(N3CCCC3=O)c2)no1. The minimum atomic E-state index is -1.02. The van der Waals surface area contributed by atoms with Crippen LogP contribution in [-0.2, 0) is 14.3 Å². The van der Waals surface area contributed by atoms with E-state index < -0.39 is 18.0 Å². The Morgan fingerprint density at radius 3 is 2.81 bits per heavy atom. The number of benzene rings is 1. The van der Waals surface area contributed by atoms with Crippen molar-refractivity contribution in [3.8, 4) is 0 Å². The maximum absolute atomic E-state index is 12.3. The predicted octanol–water partition coefficient (Wildman–Crippen LogP) is 2.29. The Balaban J connectivity index is 1.63. The van der Waals surface area contributed by atoms with E-state index in [0.29, 0.717) is 24.4 Å². The van der Waals surface area contributed by atoms with Crippen LogP contribution in [0.5, 0.6) is 0 Å². The third-order valence-corrected chi connectivity index (χ3v) is 4.00. The first-order valence-electron chi connectivity index (χ1n) is 8.29. The average Bonchev–Trinajstić information content (AvgIpc) is 3.23. The van der Waals surface area contributed by atoms with E-state index in [1.165, 1.54) is 6.92 Å². The van der Waals surface area contributed by atoms with Crippen LogP contribution in [0.25, 0.3) is 0 Å². The van der Waals surface area contributed by atoms with E-state index in [1.807, 2.05) is 0 Å². The van der Waals surface area contributed by atoms with Gasteiger partial charge in [-0.3, -0.25) is 9.59 Å². The first kappa shape index (κ1) is 17.7. The Morgan fingerprint density at radius 2 is 2.15 bits per heavy atom. The van der Waals surface area contributed by atoms with Crippen LogP contribution < -0.4 is 10.2 Å². The van der Waals surface area contributed by atoms with Crippen molar-refractivity contribution >= 4 is 29.3 Å². The van der Waals surface area contributed by atoms with Crippen LogP contribution in [0.3, 0.4) is 0 Å². The van der Waals surface area contributed by atoms with Crippen molar-refractivity contribution in [3.05, 3.63) is 41.7 Å². The summed E-state index contributed by atoms with van der Waals surface area (Å²) in [7, 11) is 0. The van der Waals surface area contributed by atoms with Gasteiger partial charge in [-0.2, -0.15) is 0 Å². The second-order valence-electron chi connectivity index (χ2n) is 6.06. The first-order chi connectivity index (χ1) is 12.4. The van der Waals surface area contributed by atoms with Crippen LogP contribution in [0.15, 0.2) is 34.9 Å². The summed E-state index contributed by atoms with van der Waals surface area (Å²) >= 11 is 0. The van der Waals surface area contributed by atoms with E-state index in [2.05, 4.69) is 10.5 Å². The summed E-state index contributed by atoms with van der Waals surface area (Å²) in [5, 5.41) is 6.16. The fraction of sp³-hybridized carbons (Fsp3) is 0.333. The summed E-state index contributed by atoms with van der Waals surface area (Å²) in [5.74, 6) is -0.315. The number of nitrogens with zero attached hydrogens (tertiary/aromatic N) is 2. The number of nitrogens with one attached hydrogen (secondary N) is 1. The van der Waals surface area contributed by atoms with Crippen LogP contribution >= 0.6 is 0 Å². The van der Waals surface area contributed by atoms with Gasteiger partial charge in [0.05, 0.1) is 5.56 Å². The van der Waals surface area contributed by atoms with E-state index in [4.69, 9.17) is 9.26 Å². The molecule has 2 amide bonds. The minimum Gasteiger partial charge on any atom is -0.449 e. The lowest BCUT2D eigenvalue weighted by atomic mass is 10.2. The summed E-state index contributed by atoms with van der Waals surface area (Å²) in [6, 6.07) is 8.18. The predicted molar refractivity (Wildman–Crippen MR) is 92.8 cm³/mol. The molecule has 0 unspecified atom stereocenters. The smallest absolute Gasteiger partial charge is 0.338 e.